The lowest BCUT2D eigenvalue weighted by Crippen LogP contribution is -2.38. The molecular formula is C18H21BrN2. The molecule has 21 heavy (non-hydrogen) atoms. The fourth-order valence-electron chi connectivity index (χ4n) is 3.40. The standard InChI is InChI=1S/C18H21BrN2/c1-20-18(9-13-8-17(19)12-21-11-13)16-7-6-14-4-2-3-5-15(14)10-16/h2-5,8,11-12,16,18,20H,6-7,9-10H2,1H3. The first-order chi connectivity index (χ1) is 10.3. The molecule has 1 aliphatic rings. The van der Waals surface area contributed by atoms with E-state index < -0.39 is 0 Å². The van der Waals surface area contributed by atoms with Gasteiger partial charge in [-0.1, -0.05) is 24.3 Å². The summed E-state index contributed by atoms with van der Waals surface area (Å²) in [5.74, 6) is 0.698. The highest BCUT2D eigenvalue weighted by Gasteiger charge is 2.25. The summed E-state index contributed by atoms with van der Waals surface area (Å²) in [6.07, 6.45) is 8.51. The van der Waals surface area contributed by atoms with Crippen LogP contribution in [0.1, 0.15) is 23.1 Å². The lowest BCUT2D eigenvalue weighted by Gasteiger charge is -2.31. The topological polar surface area (TPSA) is 24.9 Å². The lowest BCUT2D eigenvalue weighted by atomic mass is 9.78. The van der Waals surface area contributed by atoms with Crippen molar-refractivity contribution in [2.45, 2.75) is 31.7 Å². The number of nitrogens with zero attached hydrogens (tertiary/aromatic N) is 1. The summed E-state index contributed by atoms with van der Waals surface area (Å²) >= 11 is 3.51. The number of fused-ring (bicyclic) bond motifs is 1. The van der Waals surface area contributed by atoms with Crippen LogP contribution in [0.25, 0.3) is 0 Å². The largest absolute Gasteiger partial charge is 0.316 e. The highest BCUT2D eigenvalue weighted by molar-refractivity contribution is 9.10. The van der Waals surface area contributed by atoms with Gasteiger partial charge in [-0.25, -0.2) is 0 Å². The first-order valence-electron chi connectivity index (χ1n) is 7.59. The van der Waals surface area contributed by atoms with Gasteiger partial charge in [-0.15, -0.1) is 0 Å². The van der Waals surface area contributed by atoms with Gasteiger partial charge in [-0.2, -0.15) is 0 Å². The second kappa shape index (κ2) is 6.71. The minimum absolute atomic E-state index is 0.509. The molecule has 1 aromatic carbocycles. The minimum Gasteiger partial charge on any atom is -0.316 e. The summed E-state index contributed by atoms with van der Waals surface area (Å²) < 4.78 is 1.06. The second-order valence-corrected chi connectivity index (χ2v) is 6.80. The summed E-state index contributed by atoms with van der Waals surface area (Å²) in [6.45, 7) is 0. The van der Waals surface area contributed by atoms with Crippen LogP contribution in [0.5, 0.6) is 0 Å². The van der Waals surface area contributed by atoms with Gasteiger partial charge in [-0.3, -0.25) is 4.98 Å². The molecule has 110 valence electrons. The van der Waals surface area contributed by atoms with E-state index in [1.54, 1.807) is 0 Å². The van der Waals surface area contributed by atoms with Crippen LogP contribution in [-0.2, 0) is 19.3 Å². The summed E-state index contributed by atoms with van der Waals surface area (Å²) in [5.41, 5.74) is 4.36. The predicted octanol–water partition coefficient (Wildman–Crippen LogP) is 3.78. The summed E-state index contributed by atoms with van der Waals surface area (Å²) in [5, 5.41) is 3.53. The number of likely N-dealkylation sites (N-methyl/N-ethyl adjacent to an activating group) is 1. The first-order valence-corrected chi connectivity index (χ1v) is 8.39. The van der Waals surface area contributed by atoms with Gasteiger partial charge in [0.2, 0.25) is 0 Å². The molecule has 2 nitrogen and oxygen atoms in total. The summed E-state index contributed by atoms with van der Waals surface area (Å²) in [7, 11) is 2.08. The maximum atomic E-state index is 4.28. The molecular weight excluding hydrogens is 324 g/mol. The molecule has 0 amide bonds. The van der Waals surface area contributed by atoms with E-state index in [9.17, 15) is 0 Å². The van der Waals surface area contributed by atoms with Crippen LogP contribution < -0.4 is 5.32 Å². The Morgan fingerprint density at radius 2 is 2.10 bits per heavy atom. The molecule has 0 spiro atoms. The van der Waals surface area contributed by atoms with Gasteiger partial charge in [0, 0.05) is 22.9 Å². The van der Waals surface area contributed by atoms with Crippen molar-refractivity contribution in [2.75, 3.05) is 7.05 Å². The second-order valence-electron chi connectivity index (χ2n) is 5.88. The third-order valence-corrected chi connectivity index (χ3v) is 4.98. The van der Waals surface area contributed by atoms with E-state index in [4.69, 9.17) is 0 Å². The summed E-state index contributed by atoms with van der Waals surface area (Å²) in [4.78, 5) is 4.28. The Hall–Kier alpha value is -1.19. The molecule has 1 aromatic heterocycles. The van der Waals surface area contributed by atoms with Gasteiger partial charge in [-0.05, 0) is 77.3 Å². The van der Waals surface area contributed by atoms with Crippen molar-refractivity contribution in [3.05, 3.63) is 63.9 Å². The van der Waals surface area contributed by atoms with Crippen molar-refractivity contribution in [3.63, 3.8) is 0 Å². The van der Waals surface area contributed by atoms with Gasteiger partial charge >= 0.3 is 0 Å². The Balaban J connectivity index is 1.73. The predicted molar refractivity (Wildman–Crippen MR) is 90.4 cm³/mol. The molecule has 0 saturated heterocycles. The van der Waals surface area contributed by atoms with Crippen LogP contribution in [0.15, 0.2) is 47.2 Å². The number of benzene rings is 1. The number of aromatic nitrogens is 1. The van der Waals surface area contributed by atoms with Crippen LogP contribution in [0, 0.1) is 5.92 Å². The Labute approximate surface area is 135 Å². The average Bonchev–Trinajstić information content (AvgIpc) is 2.52. The van der Waals surface area contributed by atoms with E-state index in [-0.39, 0.29) is 0 Å². The van der Waals surface area contributed by atoms with Crippen LogP contribution in [-0.4, -0.2) is 18.1 Å². The molecule has 2 atom stereocenters. The molecule has 1 aliphatic carbocycles. The molecule has 0 bridgehead atoms. The van der Waals surface area contributed by atoms with Crippen LogP contribution in [0.2, 0.25) is 0 Å². The maximum absolute atomic E-state index is 4.28. The smallest absolute Gasteiger partial charge is 0.0410 e. The quantitative estimate of drug-likeness (QED) is 0.912. The van der Waals surface area contributed by atoms with Crippen molar-refractivity contribution in [3.8, 4) is 0 Å². The maximum Gasteiger partial charge on any atom is 0.0410 e. The number of nitrogens with one attached hydrogen (secondary N) is 1. The average molecular weight is 345 g/mol. The zero-order valence-corrected chi connectivity index (χ0v) is 13.9. The lowest BCUT2D eigenvalue weighted by molar-refractivity contribution is 0.333. The Kier molecular flexibility index (Phi) is 4.71. The Morgan fingerprint density at radius 3 is 2.86 bits per heavy atom. The monoisotopic (exact) mass is 344 g/mol. The fraction of sp³-hybridized carbons (Fsp3) is 0.389. The molecule has 2 aromatic rings. The number of halogens is 1. The van der Waals surface area contributed by atoms with Gasteiger partial charge in [0.1, 0.15) is 0 Å². The molecule has 0 saturated carbocycles. The van der Waals surface area contributed by atoms with Gasteiger partial charge < -0.3 is 5.32 Å². The number of pyridine rings is 1. The fourth-order valence-corrected chi connectivity index (χ4v) is 3.81. The molecule has 1 N–H and O–H groups in total. The normalized spacial score (nSPS) is 19.0. The van der Waals surface area contributed by atoms with E-state index in [1.807, 2.05) is 12.4 Å². The van der Waals surface area contributed by atoms with Crippen molar-refractivity contribution in [1.29, 1.82) is 0 Å². The summed E-state index contributed by atoms with van der Waals surface area (Å²) in [6, 6.07) is 11.6. The minimum atomic E-state index is 0.509. The highest BCUT2D eigenvalue weighted by atomic mass is 79.9. The van der Waals surface area contributed by atoms with E-state index in [0.29, 0.717) is 12.0 Å². The number of rotatable bonds is 4. The van der Waals surface area contributed by atoms with E-state index in [0.717, 1.165) is 10.9 Å². The van der Waals surface area contributed by atoms with E-state index in [1.165, 1.54) is 36.0 Å². The Bertz CT molecular complexity index is 612. The van der Waals surface area contributed by atoms with Gasteiger partial charge in [0.15, 0.2) is 0 Å². The Morgan fingerprint density at radius 1 is 1.29 bits per heavy atom. The van der Waals surface area contributed by atoms with Gasteiger partial charge in [0.05, 0.1) is 0 Å². The first kappa shape index (κ1) is 14.7. The molecule has 3 heteroatoms. The number of aryl methyl sites for hydroxylation is 1. The zero-order chi connectivity index (χ0) is 14.7. The van der Waals surface area contributed by atoms with Crippen molar-refractivity contribution in [2.24, 2.45) is 5.92 Å². The molecule has 1 heterocycles. The SMILES string of the molecule is CNC(Cc1cncc(Br)c1)C1CCc2ccccc2C1. The third kappa shape index (κ3) is 3.53. The molecule has 0 radical (unpaired) electrons. The van der Waals surface area contributed by atoms with Crippen LogP contribution >= 0.6 is 15.9 Å². The molecule has 2 unspecified atom stereocenters. The highest BCUT2D eigenvalue weighted by Crippen LogP contribution is 2.28. The molecule has 3 rings (SSSR count). The van der Waals surface area contributed by atoms with Crippen molar-refractivity contribution in [1.82, 2.24) is 10.3 Å². The number of hydrogen-bond donors (Lipinski definition) is 1. The van der Waals surface area contributed by atoms with Gasteiger partial charge in [0.25, 0.3) is 0 Å². The van der Waals surface area contributed by atoms with Crippen molar-refractivity contribution < 1.29 is 0 Å². The number of hydrogen-bond acceptors (Lipinski definition) is 2. The zero-order valence-electron chi connectivity index (χ0n) is 12.3. The van der Waals surface area contributed by atoms with E-state index in [2.05, 4.69) is 63.6 Å². The molecule has 0 aliphatic heterocycles. The van der Waals surface area contributed by atoms with Crippen LogP contribution in [0.3, 0.4) is 0 Å². The van der Waals surface area contributed by atoms with Crippen LogP contribution in [0.4, 0.5) is 0 Å². The molecule has 0 fully saturated rings. The van der Waals surface area contributed by atoms with E-state index >= 15 is 0 Å². The van der Waals surface area contributed by atoms with Crippen molar-refractivity contribution >= 4 is 15.9 Å². The third-order valence-electron chi connectivity index (χ3n) is 4.54.